The first kappa shape index (κ1) is 14.5. The summed E-state index contributed by atoms with van der Waals surface area (Å²) in [6.07, 6.45) is 3.19. The van der Waals surface area contributed by atoms with Gasteiger partial charge in [-0.05, 0) is 38.4 Å². The minimum atomic E-state index is 0.425. The molecule has 2 fully saturated rings. The van der Waals surface area contributed by atoms with Crippen LogP contribution in [0.15, 0.2) is 30.3 Å². The Hall–Kier alpha value is -0.900. The van der Waals surface area contributed by atoms with Crippen LogP contribution in [0.3, 0.4) is 0 Å². The lowest BCUT2D eigenvalue weighted by Gasteiger charge is -2.18. The normalized spacial score (nSPS) is 23.7. The van der Waals surface area contributed by atoms with Gasteiger partial charge in [-0.2, -0.15) is 0 Å². The predicted molar refractivity (Wildman–Crippen MR) is 79.2 cm³/mol. The van der Waals surface area contributed by atoms with Crippen LogP contribution in [-0.2, 0) is 11.3 Å². The van der Waals surface area contributed by atoms with E-state index in [1.54, 1.807) is 0 Å². The fourth-order valence-corrected chi connectivity index (χ4v) is 2.48. The van der Waals surface area contributed by atoms with Crippen molar-refractivity contribution in [2.45, 2.75) is 32.4 Å². The molecule has 0 radical (unpaired) electrons. The maximum Gasteiger partial charge on any atom is 0.0672 e. The first-order valence-corrected chi connectivity index (χ1v) is 7.43. The summed E-state index contributed by atoms with van der Waals surface area (Å²) < 4.78 is 5.22. The van der Waals surface area contributed by atoms with Gasteiger partial charge in [-0.3, -0.25) is 4.90 Å². The number of likely N-dealkylation sites (tertiary alicyclic amines) is 1. The molecular formula is C16H26N2O. The summed E-state index contributed by atoms with van der Waals surface area (Å²) in [6, 6.07) is 10.7. The maximum atomic E-state index is 5.22. The zero-order chi connectivity index (χ0) is 13.3. The summed E-state index contributed by atoms with van der Waals surface area (Å²) in [5, 5.41) is 3.21. The van der Waals surface area contributed by atoms with E-state index in [0.29, 0.717) is 6.10 Å². The summed E-state index contributed by atoms with van der Waals surface area (Å²) in [4.78, 5) is 2.52. The SMILES string of the molecule is C[C@@H]1CNCCO1.c1ccc(CN2CCCC2)cc1. The van der Waals surface area contributed by atoms with Crippen molar-refractivity contribution in [1.82, 2.24) is 10.2 Å². The van der Waals surface area contributed by atoms with Crippen molar-refractivity contribution in [3.63, 3.8) is 0 Å². The first-order valence-electron chi connectivity index (χ1n) is 7.43. The monoisotopic (exact) mass is 262 g/mol. The van der Waals surface area contributed by atoms with Gasteiger partial charge in [0.2, 0.25) is 0 Å². The summed E-state index contributed by atoms with van der Waals surface area (Å²) >= 11 is 0. The van der Waals surface area contributed by atoms with Crippen LogP contribution in [0.2, 0.25) is 0 Å². The van der Waals surface area contributed by atoms with Gasteiger partial charge in [-0.25, -0.2) is 0 Å². The Bertz CT molecular complexity index is 330. The van der Waals surface area contributed by atoms with Gasteiger partial charge in [0.1, 0.15) is 0 Å². The van der Waals surface area contributed by atoms with E-state index in [4.69, 9.17) is 4.74 Å². The lowest BCUT2D eigenvalue weighted by atomic mass is 10.2. The van der Waals surface area contributed by atoms with Crippen LogP contribution in [0.25, 0.3) is 0 Å². The van der Waals surface area contributed by atoms with Gasteiger partial charge in [0.25, 0.3) is 0 Å². The van der Waals surface area contributed by atoms with E-state index in [2.05, 4.69) is 47.5 Å². The molecule has 1 aromatic carbocycles. The number of rotatable bonds is 2. The van der Waals surface area contributed by atoms with Crippen LogP contribution in [-0.4, -0.2) is 43.8 Å². The van der Waals surface area contributed by atoms with E-state index in [1.807, 2.05) is 0 Å². The van der Waals surface area contributed by atoms with Crippen molar-refractivity contribution in [2.24, 2.45) is 0 Å². The number of hydrogen-bond acceptors (Lipinski definition) is 3. The van der Waals surface area contributed by atoms with Crippen molar-refractivity contribution in [3.8, 4) is 0 Å². The highest BCUT2D eigenvalue weighted by Crippen LogP contribution is 2.11. The molecule has 0 amide bonds. The summed E-state index contributed by atoms with van der Waals surface area (Å²) in [5.41, 5.74) is 1.44. The van der Waals surface area contributed by atoms with Crippen LogP contribution in [0.1, 0.15) is 25.3 Å². The number of ether oxygens (including phenoxy) is 1. The molecule has 0 aromatic heterocycles. The molecule has 0 unspecified atom stereocenters. The summed E-state index contributed by atoms with van der Waals surface area (Å²) in [7, 11) is 0. The van der Waals surface area contributed by atoms with E-state index in [0.717, 1.165) is 26.2 Å². The van der Waals surface area contributed by atoms with Crippen LogP contribution in [0, 0.1) is 0 Å². The van der Waals surface area contributed by atoms with E-state index in [-0.39, 0.29) is 0 Å². The topological polar surface area (TPSA) is 24.5 Å². The van der Waals surface area contributed by atoms with Gasteiger partial charge in [0, 0.05) is 19.6 Å². The third-order valence-corrected chi connectivity index (χ3v) is 3.56. The smallest absolute Gasteiger partial charge is 0.0672 e. The molecule has 2 aliphatic heterocycles. The second-order valence-corrected chi connectivity index (χ2v) is 5.35. The maximum absolute atomic E-state index is 5.22. The van der Waals surface area contributed by atoms with E-state index in [1.165, 1.54) is 31.5 Å². The largest absolute Gasteiger partial charge is 0.376 e. The number of nitrogens with zero attached hydrogens (tertiary/aromatic N) is 1. The molecule has 19 heavy (non-hydrogen) atoms. The Balaban J connectivity index is 0.000000163. The zero-order valence-corrected chi connectivity index (χ0v) is 12.0. The molecule has 2 heterocycles. The Morgan fingerprint density at radius 2 is 1.95 bits per heavy atom. The van der Waals surface area contributed by atoms with E-state index < -0.39 is 0 Å². The average Bonchev–Trinajstić information content (AvgIpc) is 2.94. The van der Waals surface area contributed by atoms with Crippen molar-refractivity contribution in [3.05, 3.63) is 35.9 Å². The molecule has 1 atom stereocenters. The van der Waals surface area contributed by atoms with Crippen LogP contribution in [0.4, 0.5) is 0 Å². The summed E-state index contributed by atoms with van der Waals surface area (Å²) in [6.45, 7) is 8.70. The van der Waals surface area contributed by atoms with Crippen LogP contribution >= 0.6 is 0 Å². The molecule has 1 N–H and O–H groups in total. The van der Waals surface area contributed by atoms with Crippen molar-refractivity contribution >= 4 is 0 Å². The fraction of sp³-hybridized carbons (Fsp3) is 0.625. The van der Waals surface area contributed by atoms with Crippen molar-refractivity contribution < 1.29 is 4.74 Å². The standard InChI is InChI=1S/C11H15N.C5H11NO/c1-2-6-11(7-3-1)10-12-8-4-5-9-12;1-5-4-6-2-3-7-5/h1-3,6-7H,4-5,8-10H2;5-6H,2-4H2,1H3/t;5-/m.1/s1. The predicted octanol–water partition coefficient (Wildman–Crippen LogP) is 2.28. The molecule has 0 spiro atoms. The quantitative estimate of drug-likeness (QED) is 0.885. The van der Waals surface area contributed by atoms with Gasteiger partial charge < -0.3 is 10.1 Å². The number of hydrogen-bond donors (Lipinski definition) is 1. The average molecular weight is 262 g/mol. The third-order valence-electron chi connectivity index (χ3n) is 3.56. The lowest BCUT2D eigenvalue weighted by molar-refractivity contribution is 0.0410. The van der Waals surface area contributed by atoms with E-state index >= 15 is 0 Å². The molecule has 106 valence electrons. The van der Waals surface area contributed by atoms with Crippen LogP contribution < -0.4 is 5.32 Å². The van der Waals surface area contributed by atoms with Gasteiger partial charge in [0.05, 0.1) is 12.7 Å². The molecule has 0 aliphatic carbocycles. The summed E-state index contributed by atoms with van der Waals surface area (Å²) in [5.74, 6) is 0. The Labute approximate surface area is 116 Å². The van der Waals surface area contributed by atoms with Gasteiger partial charge >= 0.3 is 0 Å². The highest BCUT2D eigenvalue weighted by atomic mass is 16.5. The van der Waals surface area contributed by atoms with Crippen molar-refractivity contribution in [1.29, 1.82) is 0 Å². The Morgan fingerprint density at radius 1 is 1.21 bits per heavy atom. The minimum absolute atomic E-state index is 0.425. The highest BCUT2D eigenvalue weighted by Gasteiger charge is 2.10. The van der Waals surface area contributed by atoms with Gasteiger partial charge in [0.15, 0.2) is 0 Å². The molecule has 2 saturated heterocycles. The molecule has 0 saturated carbocycles. The molecule has 3 nitrogen and oxygen atoms in total. The van der Waals surface area contributed by atoms with Crippen molar-refractivity contribution in [2.75, 3.05) is 32.8 Å². The highest BCUT2D eigenvalue weighted by molar-refractivity contribution is 5.14. The van der Waals surface area contributed by atoms with Gasteiger partial charge in [-0.1, -0.05) is 30.3 Å². The minimum Gasteiger partial charge on any atom is -0.376 e. The fourth-order valence-electron chi connectivity index (χ4n) is 2.48. The van der Waals surface area contributed by atoms with Crippen LogP contribution in [0.5, 0.6) is 0 Å². The number of benzene rings is 1. The first-order chi connectivity index (χ1) is 9.34. The Kier molecular flexibility index (Phi) is 6.34. The lowest BCUT2D eigenvalue weighted by Crippen LogP contribution is -2.36. The van der Waals surface area contributed by atoms with Gasteiger partial charge in [-0.15, -0.1) is 0 Å². The number of morpholine rings is 1. The Morgan fingerprint density at radius 3 is 2.47 bits per heavy atom. The molecule has 1 aromatic rings. The molecule has 2 aliphatic rings. The number of nitrogens with one attached hydrogen (secondary N) is 1. The second-order valence-electron chi connectivity index (χ2n) is 5.35. The third kappa shape index (κ3) is 5.72. The zero-order valence-electron chi connectivity index (χ0n) is 12.0. The molecular weight excluding hydrogens is 236 g/mol. The van der Waals surface area contributed by atoms with E-state index in [9.17, 15) is 0 Å². The molecule has 3 heteroatoms. The molecule has 0 bridgehead atoms. The second kappa shape index (κ2) is 8.31. The molecule has 3 rings (SSSR count).